The topological polar surface area (TPSA) is 49.4 Å². The van der Waals surface area contributed by atoms with Crippen molar-refractivity contribution in [3.8, 4) is 0 Å². The molecular weight excluding hydrogens is 384 g/mol. The largest absolute Gasteiger partial charge is 0.334 e. The number of hydrogen-bond donors (Lipinski definition) is 1. The van der Waals surface area contributed by atoms with Crippen molar-refractivity contribution in [3.63, 3.8) is 0 Å². The molecule has 1 aliphatic heterocycles. The number of carbonyl (C=O) groups excluding carboxylic acids is 2. The molecule has 0 radical (unpaired) electrons. The molecule has 0 aromatic heterocycles. The van der Waals surface area contributed by atoms with Crippen LogP contribution in [0, 0.1) is 12.8 Å². The summed E-state index contributed by atoms with van der Waals surface area (Å²) in [5, 5.41) is 5.04. The van der Waals surface area contributed by atoms with E-state index in [-0.39, 0.29) is 11.8 Å². The van der Waals surface area contributed by atoms with Crippen LogP contribution in [0.4, 0.5) is 5.69 Å². The fourth-order valence-corrected chi connectivity index (χ4v) is 5.19. The highest BCUT2D eigenvalue weighted by molar-refractivity contribution is 6.15. The van der Waals surface area contributed by atoms with Crippen molar-refractivity contribution in [3.05, 3.63) is 76.9 Å². The van der Waals surface area contributed by atoms with Gasteiger partial charge in [-0.15, -0.1) is 0 Å². The molecule has 0 unspecified atom stereocenters. The number of amides is 2. The van der Waals surface area contributed by atoms with Crippen LogP contribution in [0.5, 0.6) is 0 Å². The lowest BCUT2D eigenvalue weighted by Gasteiger charge is -2.26. The molecule has 5 rings (SSSR count). The lowest BCUT2D eigenvalue weighted by Crippen LogP contribution is -2.31. The van der Waals surface area contributed by atoms with E-state index in [0.29, 0.717) is 29.3 Å². The van der Waals surface area contributed by atoms with Gasteiger partial charge in [0.15, 0.2) is 0 Å². The van der Waals surface area contributed by atoms with Crippen molar-refractivity contribution in [2.45, 2.75) is 45.6 Å². The lowest BCUT2D eigenvalue weighted by atomic mass is 9.89. The van der Waals surface area contributed by atoms with E-state index in [2.05, 4.69) is 5.32 Å². The lowest BCUT2D eigenvalue weighted by molar-refractivity contribution is 0.0738. The van der Waals surface area contributed by atoms with Crippen molar-refractivity contribution < 1.29 is 9.59 Å². The van der Waals surface area contributed by atoms with E-state index in [1.807, 2.05) is 66.4 Å². The van der Waals surface area contributed by atoms with Crippen LogP contribution in [-0.2, 0) is 6.54 Å². The maximum atomic E-state index is 13.2. The molecule has 3 aromatic rings. The Morgan fingerprint density at radius 2 is 1.74 bits per heavy atom. The smallest absolute Gasteiger partial charge is 0.256 e. The van der Waals surface area contributed by atoms with E-state index in [4.69, 9.17) is 0 Å². The van der Waals surface area contributed by atoms with Crippen LogP contribution in [-0.4, -0.2) is 23.3 Å². The summed E-state index contributed by atoms with van der Waals surface area (Å²) in [6.07, 6.45) is 6.28. The number of carbonyl (C=O) groups is 2. The van der Waals surface area contributed by atoms with Gasteiger partial charge in [0.05, 0.1) is 11.3 Å². The van der Waals surface area contributed by atoms with Crippen molar-refractivity contribution in [1.29, 1.82) is 0 Å². The monoisotopic (exact) mass is 412 g/mol. The molecular formula is C27H28N2O2. The van der Waals surface area contributed by atoms with E-state index in [9.17, 15) is 9.59 Å². The average molecular weight is 413 g/mol. The fraction of sp³-hybridized carbons (Fsp3) is 0.333. The summed E-state index contributed by atoms with van der Waals surface area (Å²) >= 11 is 0. The molecule has 2 aliphatic rings. The number of benzene rings is 3. The number of nitrogens with zero attached hydrogens (tertiary/aromatic N) is 1. The van der Waals surface area contributed by atoms with Gasteiger partial charge >= 0.3 is 0 Å². The standard InChI is InChI=1S/C27H28N2O2/c1-18-14-15-23(22-12-6-5-11-21(18)22)26(30)28-24-13-7-10-20-17-29(27(31)25(20)24)16-19-8-3-2-4-9-19/h5-7,10-15,19H,2-4,8-9,16-17H2,1H3,(H,28,30). The van der Waals surface area contributed by atoms with Gasteiger partial charge in [0.1, 0.15) is 0 Å². The van der Waals surface area contributed by atoms with Gasteiger partial charge in [-0.25, -0.2) is 0 Å². The zero-order chi connectivity index (χ0) is 21.4. The second-order valence-corrected chi connectivity index (χ2v) is 8.96. The highest BCUT2D eigenvalue weighted by Gasteiger charge is 2.32. The Hall–Kier alpha value is -3.14. The zero-order valence-electron chi connectivity index (χ0n) is 18.0. The van der Waals surface area contributed by atoms with Crippen LogP contribution in [0.15, 0.2) is 54.6 Å². The quantitative estimate of drug-likeness (QED) is 0.577. The van der Waals surface area contributed by atoms with Gasteiger partial charge < -0.3 is 10.2 Å². The molecule has 0 spiro atoms. The fourth-order valence-electron chi connectivity index (χ4n) is 5.19. The summed E-state index contributed by atoms with van der Waals surface area (Å²) in [7, 11) is 0. The Labute approximate surface area is 183 Å². The van der Waals surface area contributed by atoms with Crippen LogP contribution in [0.2, 0.25) is 0 Å². The van der Waals surface area contributed by atoms with E-state index < -0.39 is 0 Å². The first-order valence-corrected chi connectivity index (χ1v) is 11.3. The third-order valence-corrected chi connectivity index (χ3v) is 6.85. The molecule has 31 heavy (non-hydrogen) atoms. The minimum atomic E-state index is -0.178. The van der Waals surface area contributed by atoms with Crippen molar-refractivity contribution in [2.75, 3.05) is 11.9 Å². The Morgan fingerprint density at radius 1 is 0.968 bits per heavy atom. The minimum absolute atomic E-state index is 0.0465. The van der Waals surface area contributed by atoms with Gasteiger partial charge in [-0.1, -0.05) is 61.7 Å². The number of hydrogen-bond acceptors (Lipinski definition) is 2. The number of fused-ring (bicyclic) bond motifs is 2. The number of anilines is 1. The molecule has 3 aromatic carbocycles. The maximum absolute atomic E-state index is 13.2. The Kier molecular flexibility index (Phi) is 5.23. The molecule has 1 heterocycles. The molecule has 1 saturated carbocycles. The Bertz CT molecular complexity index is 1160. The normalized spacial score (nSPS) is 16.5. The third kappa shape index (κ3) is 3.71. The summed E-state index contributed by atoms with van der Waals surface area (Å²) in [5.74, 6) is 0.470. The Morgan fingerprint density at radius 3 is 2.55 bits per heavy atom. The molecule has 4 heteroatoms. The van der Waals surface area contributed by atoms with Gasteiger partial charge in [-0.2, -0.15) is 0 Å². The third-order valence-electron chi connectivity index (χ3n) is 6.85. The van der Waals surface area contributed by atoms with Crippen LogP contribution >= 0.6 is 0 Å². The molecule has 1 N–H and O–H groups in total. The molecule has 158 valence electrons. The molecule has 2 amide bonds. The molecule has 0 saturated heterocycles. The molecule has 1 fully saturated rings. The Balaban J connectivity index is 1.40. The predicted octanol–water partition coefficient (Wildman–Crippen LogP) is 5.94. The maximum Gasteiger partial charge on any atom is 0.256 e. The van der Waals surface area contributed by atoms with Gasteiger partial charge in [0.2, 0.25) is 0 Å². The second-order valence-electron chi connectivity index (χ2n) is 8.96. The van der Waals surface area contributed by atoms with Gasteiger partial charge in [0, 0.05) is 18.7 Å². The average Bonchev–Trinajstić information content (AvgIpc) is 3.11. The van der Waals surface area contributed by atoms with Crippen LogP contribution in [0.3, 0.4) is 0 Å². The summed E-state index contributed by atoms with van der Waals surface area (Å²) in [6.45, 7) is 3.51. The van der Waals surface area contributed by atoms with Crippen molar-refractivity contribution in [1.82, 2.24) is 4.90 Å². The van der Waals surface area contributed by atoms with E-state index in [1.165, 1.54) is 32.1 Å². The van der Waals surface area contributed by atoms with Gasteiger partial charge in [-0.3, -0.25) is 9.59 Å². The second kappa shape index (κ2) is 8.18. The zero-order valence-corrected chi connectivity index (χ0v) is 18.0. The molecule has 0 atom stereocenters. The number of nitrogens with one attached hydrogen (secondary N) is 1. The molecule has 4 nitrogen and oxygen atoms in total. The summed E-state index contributed by atoms with van der Waals surface area (Å²) in [4.78, 5) is 28.4. The van der Waals surface area contributed by atoms with E-state index >= 15 is 0 Å². The molecule has 0 bridgehead atoms. The van der Waals surface area contributed by atoms with Crippen LogP contribution in [0.1, 0.15) is 63.9 Å². The van der Waals surface area contributed by atoms with Crippen LogP contribution in [0.25, 0.3) is 10.8 Å². The highest BCUT2D eigenvalue weighted by Crippen LogP contribution is 2.33. The highest BCUT2D eigenvalue weighted by atomic mass is 16.2. The minimum Gasteiger partial charge on any atom is -0.334 e. The van der Waals surface area contributed by atoms with Gasteiger partial charge in [-0.05, 0) is 59.7 Å². The van der Waals surface area contributed by atoms with E-state index in [1.54, 1.807) is 0 Å². The van der Waals surface area contributed by atoms with Crippen molar-refractivity contribution in [2.24, 2.45) is 5.92 Å². The first kappa shape index (κ1) is 19.8. The van der Waals surface area contributed by atoms with E-state index in [0.717, 1.165) is 28.4 Å². The molecule has 1 aliphatic carbocycles. The first-order chi connectivity index (χ1) is 15.1. The number of aryl methyl sites for hydroxylation is 1. The summed E-state index contributed by atoms with van der Waals surface area (Å²) < 4.78 is 0. The summed E-state index contributed by atoms with van der Waals surface area (Å²) in [6, 6.07) is 17.6. The van der Waals surface area contributed by atoms with Gasteiger partial charge in [0.25, 0.3) is 11.8 Å². The van der Waals surface area contributed by atoms with Crippen LogP contribution < -0.4 is 5.32 Å². The van der Waals surface area contributed by atoms with Crippen molar-refractivity contribution >= 4 is 28.3 Å². The number of rotatable bonds is 4. The summed E-state index contributed by atoms with van der Waals surface area (Å²) in [5.41, 5.74) is 4.04. The first-order valence-electron chi connectivity index (χ1n) is 11.3. The SMILES string of the molecule is Cc1ccc(C(=O)Nc2cccc3c2C(=O)N(CC2CCCCC2)C3)c2ccccc12. The predicted molar refractivity (Wildman–Crippen MR) is 124 cm³/mol.